The normalized spacial score (nSPS) is 23.4. The Morgan fingerprint density at radius 3 is 2.48 bits per heavy atom. The van der Waals surface area contributed by atoms with Gasteiger partial charge in [0.25, 0.3) is 0 Å². The molecule has 1 spiro atoms. The molecule has 1 amide bonds. The minimum absolute atomic E-state index is 0.0951. The first-order chi connectivity index (χ1) is 15.6. The average Bonchev–Trinajstić information content (AvgIpc) is 2.99. The lowest BCUT2D eigenvalue weighted by Gasteiger charge is -2.46. The van der Waals surface area contributed by atoms with E-state index in [9.17, 15) is 14.9 Å². The van der Waals surface area contributed by atoms with Gasteiger partial charge in [0.2, 0.25) is 5.91 Å². The van der Waals surface area contributed by atoms with Crippen LogP contribution in [0.25, 0.3) is 0 Å². The van der Waals surface area contributed by atoms with Gasteiger partial charge >= 0.3 is 0 Å². The van der Waals surface area contributed by atoms with Gasteiger partial charge < -0.3 is 11.1 Å². The van der Waals surface area contributed by atoms with Crippen LogP contribution < -0.4 is 16.0 Å². The number of nitriles is 1. The highest BCUT2D eigenvalue weighted by molar-refractivity contribution is 6.20. The van der Waals surface area contributed by atoms with E-state index in [2.05, 4.69) is 11.4 Å². The summed E-state index contributed by atoms with van der Waals surface area (Å²) in [6, 6.07) is 15.6. The number of allylic oxidation sites excluding steroid dienone is 1. The number of fused-ring (bicyclic) bond motifs is 3. The fourth-order valence-electron chi connectivity index (χ4n) is 5.59. The van der Waals surface area contributed by atoms with Gasteiger partial charge in [-0.15, -0.1) is 0 Å². The molecule has 6 nitrogen and oxygen atoms in total. The van der Waals surface area contributed by atoms with E-state index in [0.717, 1.165) is 16.8 Å². The Morgan fingerprint density at radius 1 is 1.06 bits per heavy atom. The first-order valence-corrected chi connectivity index (χ1v) is 11.1. The summed E-state index contributed by atoms with van der Waals surface area (Å²) in [5.74, 6) is -0.326. The number of hydrogen-bond donors (Lipinski definition) is 2. The maximum absolute atomic E-state index is 13.8. The molecule has 0 unspecified atom stereocenters. The molecule has 0 radical (unpaired) electrons. The van der Waals surface area contributed by atoms with Crippen LogP contribution in [0.3, 0.4) is 0 Å². The first kappa shape index (κ1) is 21.0. The number of carbonyl (C=O) groups is 2. The Labute approximate surface area is 193 Å². The number of anilines is 2. The van der Waals surface area contributed by atoms with E-state index in [1.807, 2.05) is 75.1 Å². The van der Waals surface area contributed by atoms with E-state index >= 15 is 0 Å². The second-order valence-corrected chi connectivity index (χ2v) is 10.1. The van der Waals surface area contributed by atoms with Crippen LogP contribution in [-0.4, -0.2) is 11.7 Å². The number of nitrogens with zero attached hydrogens (tertiary/aromatic N) is 2. The lowest BCUT2D eigenvalue weighted by atomic mass is 9.60. The molecule has 166 valence electrons. The minimum Gasteiger partial charge on any atom is -0.384 e. The molecule has 2 aromatic carbocycles. The first-order valence-electron chi connectivity index (χ1n) is 11.1. The lowest BCUT2D eigenvalue weighted by Crippen LogP contribution is -2.52. The van der Waals surface area contributed by atoms with Gasteiger partial charge in [-0.25, -0.2) is 0 Å². The highest BCUT2D eigenvalue weighted by Gasteiger charge is 2.61. The van der Waals surface area contributed by atoms with Gasteiger partial charge in [-0.05, 0) is 49.4 Å². The van der Waals surface area contributed by atoms with Crippen molar-refractivity contribution in [3.8, 4) is 6.07 Å². The summed E-state index contributed by atoms with van der Waals surface area (Å²) in [7, 11) is 0. The van der Waals surface area contributed by atoms with E-state index in [1.54, 1.807) is 0 Å². The summed E-state index contributed by atoms with van der Waals surface area (Å²) in [6.07, 6.45) is 0.847. The topological polar surface area (TPSA) is 99.2 Å². The van der Waals surface area contributed by atoms with E-state index < -0.39 is 11.3 Å². The van der Waals surface area contributed by atoms with Crippen molar-refractivity contribution in [3.05, 3.63) is 81.8 Å². The fraction of sp³-hybridized carbons (Fsp3) is 0.296. The van der Waals surface area contributed by atoms with E-state index in [0.29, 0.717) is 35.4 Å². The third-order valence-electron chi connectivity index (χ3n) is 6.91. The zero-order valence-corrected chi connectivity index (χ0v) is 19.2. The van der Waals surface area contributed by atoms with Crippen LogP contribution in [0.2, 0.25) is 0 Å². The highest BCUT2D eigenvalue weighted by Crippen LogP contribution is 2.57. The van der Waals surface area contributed by atoms with E-state index in [4.69, 9.17) is 5.73 Å². The number of Topliss-reactive ketones (excluding diaryl/α,β-unsaturated/α-hetero) is 1. The molecule has 2 aromatic rings. The molecule has 2 aliphatic heterocycles. The monoisotopic (exact) mass is 438 g/mol. The van der Waals surface area contributed by atoms with Crippen molar-refractivity contribution < 1.29 is 9.59 Å². The molecule has 2 heterocycles. The Bertz CT molecular complexity index is 1360. The van der Waals surface area contributed by atoms with Crippen LogP contribution in [0.15, 0.2) is 65.1 Å². The SMILES string of the molecule is Cc1cccc(N2C(N)=C(C#N)[C@]3(C(=O)Nc4ccc(C)cc43)C3=C2CC(C)(C)CC3=O)c1. The summed E-state index contributed by atoms with van der Waals surface area (Å²) in [5.41, 5.74) is 10.0. The predicted molar refractivity (Wildman–Crippen MR) is 127 cm³/mol. The van der Waals surface area contributed by atoms with Gasteiger partial charge in [-0.2, -0.15) is 5.26 Å². The second-order valence-electron chi connectivity index (χ2n) is 10.1. The van der Waals surface area contributed by atoms with Crippen LogP contribution in [0.4, 0.5) is 11.4 Å². The molecule has 0 bridgehead atoms. The molecule has 5 rings (SSSR count). The van der Waals surface area contributed by atoms with Crippen LogP contribution in [0, 0.1) is 30.6 Å². The number of rotatable bonds is 1. The number of amides is 1. The molecule has 6 heteroatoms. The predicted octanol–water partition coefficient (Wildman–Crippen LogP) is 4.35. The number of hydrogen-bond acceptors (Lipinski definition) is 5. The van der Waals surface area contributed by atoms with Gasteiger partial charge in [-0.3, -0.25) is 14.5 Å². The Kier molecular flexibility index (Phi) is 4.35. The second kappa shape index (κ2) is 6.82. The van der Waals surface area contributed by atoms with Crippen molar-refractivity contribution in [2.24, 2.45) is 11.1 Å². The molecule has 3 N–H and O–H groups in total. The number of carbonyl (C=O) groups excluding carboxylic acids is 2. The zero-order chi connectivity index (χ0) is 23.7. The average molecular weight is 439 g/mol. The molecule has 1 atom stereocenters. The third-order valence-corrected chi connectivity index (χ3v) is 6.91. The number of benzene rings is 2. The van der Waals surface area contributed by atoms with Gasteiger partial charge in [0.1, 0.15) is 17.3 Å². The molecule has 3 aliphatic rings. The van der Waals surface area contributed by atoms with Gasteiger partial charge in [0.15, 0.2) is 5.78 Å². The van der Waals surface area contributed by atoms with Crippen molar-refractivity contribution in [1.82, 2.24) is 0 Å². The number of nitrogens with one attached hydrogen (secondary N) is 1. The largest absolute Gasteiger partial charge is 0.384 e. The summed E-state index contributed by atoms with van der Waals surface area (Å²) < 4.78 is 0. The maximum atomic E-state index is 13.8. The van der Waals surface area contributed by atoms with Gasteiger partial charge in [0, 0.05) is 34.6 Å². The maximum Gasteiger partial charge on any atom is 0.245 e. The lowest BCUT2D eigenvalue weighted by molar-refractivity contribution is -0.123. The highest BCUT2D eigenvalue weighted by atomic mass is 16.2. The van der Waals surface area contributed by atoms with Crippen molar-refractivity contribution in [2.75, 3.05) is 10.2 Å². The van der Waals surface area contributed by atoms with Crippen LogP contribution in [-0.2, 0) is 15.0 Å². The smallest absolute Gasteiger partial charge is 0.245 e. The Hall–Kier alpha value is -3.85. The third kappa shape index (κ3) is 2.78. The number of ketones is 1. The van der Waals surface area contributed by atoms with Crippen molar-refractivity contribution in [1.29, 1.82) is 5.26 Å². The molecule has 0 saturated heterocycles. The minimum atomic E-state index is -1.54. The molecule has 33 heavy (non-hydrogen) atoms. The molecular weight excluding hydrogens is 412 g/mol. The van der Waals surface area contributed by atoms with Crippen molar-refractivity contribution in [2.45, 2.75) is 46.0 Å². The van der Waals surface area contributed by atoms with Gasteiger partial charge in [0.05, 0.1) is 5.57 Å². The van der Waals surface area contributed by atoms with E-state index in [-0.39, 0.29) is 22.6 Å². The Balaban J connectivity index is 1.92. The summed E-state index contributed by atoms with van der Waals surface area (Å²) in [4.78, 5) is 29.4. The molecule has 0 fully saturated rings. The van der Waals surface area contributed by atoms with Gasteiger partial charge in [-0.1, -0.05) is 43.7 Å². The number of aryl methyl sites for hydroxylation is 2. The van der Waals surface area contributed by atoms with E-state index in [1.165, 1.54) is 0 Å². The zero-order valence-electron chi connectivity index (χ0n) is 19.2. The fourth-order valence-corrected chi connectivity index (χ4v) is 5.59. The number of nitrogens with two attached hydrogens (primary N) is 1. The molecule has 0 aromatic heterocycles. The van der Waals surface area contributed by atoms with Crippen LogP contribution in [0.5, 0.6) is 0 Å². The molecular formula is C27H26N4O2. The van der Waals surface area contributed by atoms with Crippen molar-refractivity contribution >= 4 is 23.1 Å². The van der Waals surface area contributed by atoms with Crippen LogP contribution >= 0.6 is 0 Å². The van der Waals surface area contributed by atoms with Crippen LogP contribution in [0.1, 0.15) is 43.4 Å². The Morgan fingerprint density at radius 2 is 1.79 bits per heavy atom. The molecule has 1 aliphatic carbocycles. The summed E-state index contributed by atoms with van der Waals surface area (Å²) in [6.45, 7) is 8.00. The molecule has 0 saturated carbocycles. The standard InChI is InChI=1S/C27H26N4O2/c1-15-6-5-7-17(10-15)31-21-12-26(3,4)13-22(32)23(21)27(19(14-28)24(31)29)18-11-16(2)8-9-20(18)30-25(27)33/h5-11H,12-13,29H2,1-4H3,(H,30,33)/t27-/m0/s1. The summed E-state index contributed by atoms with van der Waals surface area (Å²) >= 11 is 0. The van der Waals surface area contributed by atoms with Crippen molar-refractivity contribution in [3.63, 3.8) is 0 Å². The summed E-state index contributed by atoms with van der Waals surface area (Å²) in [5, 5.41) is 13.3. The quantitative estimate of drug-likeness (QED) is 0.690.